The first-order valence-electron chi connectivity index (χ1n) is 1.82. The van der Waals surface area contributed by atoms with Crippen LogP contribution in [0.3, 0.4) is 0 Å². The van der Waals surface area contributed by atoms with Crippen molar-refractivity contribution >= 4 is 0 Å². The molecule has 2 radical (unpaired) electrons. The highest BCUT2D eigenvalue weighted by Crippen LogP contribution is 1.76. The van der Waals surface area contributed by atoms with Gasteiger partial charge >= 0.3 is 0 Å². The average molecular weight is 80.1 g/mol. The molecule has 0 fully saturated rings. The molecule has 0 aromatic carbocycles. The van der Waals surface area contributed by atoms with Gasteiger partial charge < -0.3 is 0 Å². The Morgan fingerprint density at radius 2 is 2.00 bits per heavy atom. The van der Waals surface area contributed by atoms with Crippen LogP contribution in [0.5, 0.6) is 0 Å². The minimum atomic E-state index is 1.71. The van der Waals surface area contributed by atoms with E-state index in [9.17, 15) is 0 Å². The quantitative estimate of drug-likeness (QED) is 0.474. The first kappa shape index (κ1) is 5.48. The van der Waals surface area contributed by atoms with Crippen molar-refractivity contribution in [2.75, 3.05) is 0 Å². The van der Waals surface area contributed by atoms with E-state index in [-0.39, 0.29) is 0 Å². The maximum Gasteiger partial charge on any atom is 0.00413 e. The van der Waals surface area contributed by atoms with E-state index in [1.54, 1.807) is 12.2 Å². The molecule has 0 N–H and O–H groups in total. The van der Waals surface area contributed by atoms with Gasteiger partial charge in [0, 0.05) is 6.42 Å². The molecule has 0 aliphatic rings. The second kappa shape index (κ2) is 4.48. The Bertz CT molecular complexity index is 51.1. The van der Waals surface area contributed by atoms with Gasteiger partial charge in [0.1, 0.15) is 0 Å². The summed E-state index contributed by atoms with van der Waals surface area (Å²) in [6, 6.07) is 0. The average Bonchev–Trinajstić information content (AvgIpc) is 1.61. The molecule has 0 aliphatic heterocycles. The molecular formula is C6H8. The molecule has 0 heteroatoms. The molecule has 0 atom stereocenters. The van der Waals surface area contributed by atoms with E-state index in [2.05, 4.69) is 13.5 Å². The van der Waals surface area contributed by atoms with E-state index in [4.69, 9.17) is 0 Å². The normalized spacial score (nSPS) is 9.50. The van der Waals surface area contributed by atoms with Gasteiger partial charge in [-0.2, -0.15) is 0 Å². The zero-order valence-electron chi connectivity index (χ0n) is 3.72. The SMILES string of the molecule is [CH2]/C=C/[CH]C=C. The van der Waals surface area contributed by atoms with Gasteiger partial charge in [0.25, 0.3) is 0 Å². The fraction of sp³-hybridized carbons (Fsp3) is 0. The van der Waals surface area contributed by atoms with Gasteiger partial charge in [-0.15, -0.1) is 6.58 Å². The molecule has 0 heterocycles. The lowest BCUT2D eigenvalue weighted by molar-refractivity contribution is 1.77. The van der Waals surface area contributed by atoms with Gasteiger partial charge in [-0.1, -0.05) is 18.2 Å². The minimum Gasteiger partial charge on any atom is -0.102 e. The van der Waals surface area contributed by atoms with E-state index in [1.807, 2.05) is 12.5 Å². The third-order valence-electron chi connectivity index (χ3n) is 0.383. The van der Waals surface area contributed by atoms with Gasteiger partial charge in [-0.3, -0.25) is 0 Å². The molecule has 32 valence electrons. The molecule has 0 bridgehead atoms. The first-order chi connectivity index (χ1) is 2.91. The summed E-state index contributed by atoms with van der Waals surface area (Å²) >= 11 is 0. The van der Waals surface area contributed by atoms with Crippen molar-refractivity contribution in [2.45, 2.75) is 0 Å². The zero-order valence-corrected chi connectivity index (χ0v) is 3.72. The van der Waals surface area contributed by atoms with Crippen LogP contribution in [0.25, 0.3) is 0 Å². The molecule has 0 saturated heterocycles. The van der Waals surface area contributed by atoms with Crippen molar-refractivity contribution in [1.29, 1.82) is 0 Å². The van der Waals surface area contributed by atoms with Crippen LogP contribution in [0.1, 0.15) is 0 Å². The van der Waals surface area contributed by atoms with Crippen LogP contribution >= 0.6 is 0 Å². The molecule has 0 aliphatic carbocycles. The minimum absolute atomic E-state index is 1.71. The number of hydrogen-bond donors (Lipinski definition) is 0. The summed E-state index contributed by atoms with van der Waals surface area (Å²) in [7, 11) is 0. The molecule has 0 nitrogen and oxygen atoms in total. The van der Waals surface area contributed by atoms with Gasteiger partial charge in [0.05, 0.1) is 0 Å². The summed E-state index contributed by atoms with van der Waals surface area (Å²) in [5.41, 5.74) is 0. The Labute approximate surface area is 39.2 Å². The van der Waals surface area contributed by atoms with Gasteiger partial charge in [-0.25, -0.2) is 0 Å². The molecule has 6 heavy (non-hydrogen) atoms. The van der Waals surface area contributed by atoms with Crippen LogP contribution in [0.15, 0.2) is 24.8 Å². The third kappa shape index (κ3) is 3.48. The molecule has 0 spiro atoms. The van der Waals surface area contributed by atoms with Crippen molar-refractivity contribution in [2.24, 2.45) is 0 Å². The Balaban J connectivity index is 2.85. The van der Waals surface area contributed by atoms with Crippen LogP contribution in [-0.4, -0.2) is 0 Å². The summed E-state index contributed by atoms with van der Waals surface area (Å²) in [6.45, 7) is 6.93. The highest BCUT2D eigenvalue weighted by Gasteiger charge is 1.58. The molecular weight excluding hydrogens is 72.1 g/mol. The van der Waals surface area contributed by atoms with Crippen molar-refractivity contribution in [3.8, 4) is 0 Å². The van der Waals surface area contributed by atoms with Crippen LogP contribution < -0.4 is 0 Å². The van der Waals surface area contributed by atoms with Crippen LogP contribution in [0.2, 0.25) is 0 Å². The standard InChI is InChI=1S/C6H8/c1-3-5-6-4-2/h3-6H,1-2H2/b5-3+. The maximum absolute atomic E-state index is 3.46. The van der Waals surface area contributed by atoms with Crippen molar-refractivity contribution in [1.82, 2.24) is 0 Å². The van der Waals surface area contributed by atoms with E-state index < -0.39 is 0 Å². The Morgan fingerprint density at radius 1 is 1.33 bits per heavy atom. The summed E-state index contributed by atoms with van der Waals surface area (Å²) in [6.07, 6.45) is 7.07. The Kier molecular flexibility index (Phi) is 4.09. The second-order valence-electron chi connectivity index (χ2n) is 0.856. The highest BCUT2D eigenvalue weighted by atomic mass is 13.6. The maximum atomic E-state index is 3.46. The highest BCUT2D eigenvalue weighted by molar-refractivity contribution is 5.05. The Morgan fingerprint density at radius 3 is 2.17 bits per heavy atom. The number of allylic oxidation sites excluding steroid dienone is 3. The predicted octanol–water partition coefficient (Wildman–Crippen LogP) is 1.77. The smallest absolute Gasteiger partial charge is 0.00413 e. The number of hydrogen-bond acceptors (Lipinski definition) is 0. The van der Waals surface area contributed by atoms with Crippen LogP contribution in [0.4, 0.5) is 0 Å². The van der Waals surface area contributed by atoms with Gasteiger partial charge in [-0.05, 0) is 6.92 Å². The molecule has 0 saturated carbocycles. The second-order valence-corrected chi connectivity index (χ2v) is 0.856. The summed E-state index contributed by atoms with van der Waals surface area (Å²) < 4.78 is 0. The Hall–Kier alpha value is -0.520. The van der Waals surface area contributed by atoms with Crippen molar-refractivity contribution in [3.63, 3.8) is 0 Å². The van der Waals surface area contributed by atoms with E-state index >= 15 is 0 Å². The number of rotatable bonds is 2. The fourth-order valence-electron chi connectivity index (χ4n) is 0.157. The van der Waals surface area contributed by atoms with Crippen LogP contribution in [-0.2, 0) is 0 Å². The summed E-state index contributed by atoms with van der Waals surface area (Å²) in [5, 5.41) is 0. The van der Waals surface area contributed by atoms with Gasteiger partial charge in [0.15, 0.2) is 0 Å². The lowest BCUT2D eigenvalue weighted by Gasteiger charge is -1.68. The molecule has 0 amide bonds. The zero-order chi connectivity index (χ0) is 4.83. The van der Waals surface area contributed by atoms with Crippen LogP contribution in [0, 0.1) is 13.3 Å². The summed E-state index contributed by atoms with van der Waals surface area (Å²) in [5.74, 6) is 0. The topological polar surface area (TPSA) is 0 Å². The van der Waals surface area contributed by atoms with E-state index in [0.717, 1.165) is 0 Å². The van der Waals surface area contributed by atoms with Crippen molar-refractivity contribution < 1.29 is 0 Å². The fourth-order valence-corrected chi connectivity index (χ4v) is 0.157. The lowest BCUT2D eigenvalue weighted by atomic mass is 10.4. The lowest BCUT2D eigenvalue weighted by Crippen LogP contribution is -1.50. The third-order valence-corrected chi connectivity index (χ3v) is 0.383. The largest absolute Gasteiger partial charge is 0.102 e. The van der Waals surface area contributed by atoms with Gasteiger partial charge in [0.2, 0.25) is 0 Å². The molecule has 0 unspecified atom stereocenters. The van der Waals surface area contributed by atoms with E-state index in [0.29, 0.717) is 0 Å². The summed E-state index contributed by atoms with van der Waals surface area (Å²) in [4.78, 5) is 0. The first-order valence-corrected chi connectivity index (χ1v) is 1.82. The molecule has 0 aromatic rings. The monoisotopic (exact) mass is 80.1 g/mol. The molecule has 0 rings (SSSR count). The van der Waals surface area contributed by atoms with Crippen molar-refractivity contribution in [3.05, 3.63) is 38.2 Å². The van der Waals surface area contributed by atoms with E-state index in [1.165, 1.54) is 0 Å². The molecule has 0 aromatic heterocycles. The predicted molar refractivity (Wildman–Crippen MR) is 29.0 cm³/mol.